The Morgan fingerprint density at radius 2 is 2.20 bits per heavy atom. The van der Waals surface area contributed by atoms with Crippen LogP contribution in [-0.2, 0) is 0 Å². The van der Waals surface area contributed by atoms with Gasteiger partial charge in [-0.15, -0.1) is 0 Å². The van der Waals surface area contributed by atoms with Crippen LogP contribution in [0.5, 0.6) is 0 Å². The molecule has 1 saturated heterocycles. The predicted octanol–water partition coefficient (Wildman–Crippen LogP) is 3.72. The number of anilines is 1. The van der Waals surface area contributed by atoms with Crippen molar-refractivity contribution in [3.63, 3.8) is 0 Å². The van der Waals surface area contributed by atoms with Gasteiger partial charge in [0.05, 0.1) is 5.69 Å². The summed E-state index contributed by atoms with van der Waals surface area (Å²) in [7, 11) is 6.13. The van der Waals surface area contributed by atoms with E-state index in [0.29, 0.717) is 22.1 Å². The Labute approximate surface area is 189 Å². The first kappa shape index (κ1) is 21.5. The number of piperidine rings is 1. The van der Waals surface area contributed by atoms with Crippen LogP contribution in [0, 0.1) is 5.92 Å². The zero-order valence-electron chi connectivity index (χ0n) is 17.4. The largest absolute Gasteiger partial charge is 0.370 e. The van der Waals surface area contributed by atoms with E-state index >= 15 is 0 Å². The van der Waals surface area contributed by atoms with E-state index in [1.54, 1.807) is 10.7 Å². The molecule has 0 amide bonds. The Hall–Kier alpha value is -1.70. The number of nitrogens with zero attached hydrogens (tertiary/aromatic N) is 4. The summed E-state index contributed by atoms with van der Waals surface area (Å²) >= 11 is 8.35. The van der Waals surface area contributed by atoms with Gasteiger partial charge >= 0.3 is 0 Å². The molecule has 1 aliphatic rings. The van der Waals surface area contributed by atoms with Crippen molar-refractivity contribution in [2.45, 2.75) is 19.3 Å². The van der Waals surface area contributed by atoms with Gasteiger partial charge in [-0.05, 0) is 61.8 Å². The SMILES string of the molecule is [B]c1cnn2c(NCC3CCCN(CCCSC)C3)cc(-c3ccccc3Cl)nc12. The summed E-state index contributed by atoms with van der Waals surface area (Å²) in [5.74, 6) is 2.75. The zero-order valence-corrected chi connectivity index (χ0v) is 18.9. The molecule has 1 aromatic carbocycles. The summed E-state index contributed by atoms with van der Waals surface area (Å²) in [6, 6.07) is 9.76. The van der Waals surface area contributed by atoms with Gasteiger partial charge in [0, 0.05) is 35.9 Å². The van der Waals surface area contributed by atoms with Crippen molar-refractivity contribution in [1.29, 1.82) is 0 Å². The third kappa shape index (κ3) is 4.95. The van der Waals surface area contributed by atoms with Gasteiger partial charge in [-0.25, -0.2) is 4.98 Å². The first-order chi connectivity index (χ1) is 14.7. The van der Waals surface area contributed by atoms with E-state index in [0.717, 1.165) is 30.2 Å². The molecule has 0 aliphatic carbocycles. The number of likely N-dealkylation sites (tertiary alicyclic amines) is 1. The minimum atomic E-state index is 0.560. The summed E-state index contributed by atoms with van der Waals surface area (Å²) in [6.45, 7) is 4.47. The molecule has 1 aliphatic heterocycles. The molecule has 3 heterocycles. The van der Waals surface area contributed by atoms with Crippen LogP contribution in [0.15, 0.2) is 36.5 Å². The third-order valence-corrected chi connectivity index (χ3v) is 6.67. The maximum atomic E-state index is 6.42. The molecule has 30 heavy (non-hydrogen) atoms. The summed E-state index contributed by atoms with van der Waals surface area (Å²) in [5.41, 5.74) is 2.90. The van der Waals surface area contributed by atoms with E-state index in [4.69, 9.17) is 24.4 Å². The summed E-state index contributed by atoms with van der Waals surface area (Å²) in [6.07, 6.45) is 7.60. The predicted molar refractivity (Wildman–Crippen MR) is 129 cm³/mol. The van der Waals surface area contributed by atoms with Crippen molar-refractivity contribution < 1.29 is 0 Å². The van der Waals surface area contributed by atoms with E-state index in [2.05, 4.69) is 21.6 Å². The van der Waals surface area contributed by atoms with Crippen LogP contribution in [-0.4, -0.2) is 65.5 Å². The second-order valence-electron chi connectivity index (χ2n) is 7.88. The van der Waals surface area contributed by atoms with E-state index in [1.807, 2.05) is 42.1 Å². The van der Waals surface area contributed by atoms with Crippen molar-refractivity contribution in [1.82, 2.24) is 19.5 Å². The van der Waals surface area contributed by atoms with Crippen LogP contribution in [0.2, 0.25) is 5.02 Å². The second-order valence-corrected chi connectivity index (χ2v) is 9.27. The molecule has 1 atom stereocenters. The minimum absolute atomic E-state index is 0.560. The van der Waals surface area contributed by atoms with Gasteiger partial charge in [0.2, 0.25) is 0 Å². The molecule has 0 spiro atoms. The van der Waals surface area contributed by atoms with Gasteiger partial charge in [-0.1, -0.05) is 29.8 Å². The monoisotopic (exact) mass is 439 g/mol. The molecule has 0 saturated carbocycles. The fraction of sp³-hybridized carbons (Fsp3) is 0.455. The molecular formula is C22H27BClN5S. The van der Waals surface area contributed by atoms with Gasteiger partial charge in [-0.2, -0.15) is 21.4 Å². The fourth-order valence-electron chi connectivity index (χ4n) is 4.12. The molecule has 2 radical (unpaired) electrons. The van der Waals surface area contributed by atoms with Crippen molar-refractivity contribution in [3.05, 3.63) is 41.6 Å². The van der Waals surface area contributed by atoms with Crippen LogP contribution in [0.1, 0.15) is 19.3 Å². The average Bonchev–Trinajstić information content (AvgIpc) is 3.14. The highest BCUT2D eigenvalue weighted by atomic mass is 35.5. The molecule has 1 unspecified atom stereocenters. The topological polar surface area (TPSA) is 45.5 Å². The number of hydrogen-bond acceptors (Lipinski definition) is 5. The summed E-state index contributed by atoms with van der Waals surface area (Å²) in [5, 5.41) is 8.72. The third-order valence-electron chi connectivity index (χ3n) is 5.65. The number of rotatable bonds is 8. The lowest BCUT2D eigenvalue weighted by Crippen LogP contribution is -2.38. The quantitative estimate of drug-likeness (QED) is 0.428. The maximum absolute atomic E-state index is 6.42. The molecule has 1 fully saturated rings. The Morgan fingerprint density at radius 3 is 3.03 bits per heavy atom. The molecule has 8 heteroatoms. The van der Waals surface area contributed by atoms with Crippen LogP contribution >= 0.6 is 23.4 Å². The molecular weight excluding hydrogens is 413 g/mol. The van der Waals surface area contributed by atoms with Gasteiger partial charge in [0.15, 0.2) is 5.65 Å². The maximum Gasteiger partial charge on any atom is 0.150 e. The Bertz CT molecular complexity index is 995. The van der Waals surface area contributed by atoms with Crippen LogP contribution < -0.4 is 10.8 Å². The standard InChI is InChI=1S/C22H27BClN5S/c1-30-11-5-10-28-9-4-6-16(15-28)13-25-21-12-20(17-7-2-3-8-19(17)24)27-22-18(23)14-26-29(21)22/h2-3,7-8,12,14,16,25H,4-6,9-11,13,15H2,1H3. The van der Waals surface area contributed by atoms with Crippen LogP contribution in [0.4, 0.5) is 5.82 Å². The number of hydrogen-bond donors (Lipinski definition) is 1. The molecule has 5 nitrogen and oxygen atoms in total. The molecule has 2 aromatic heterocycles. The van der Waals surface area contributed by atoms with Gasteiger partial charge in [0.25, 0.3) is 0 Å². The van der Waals surface area contributed by atoms with E-state index < -0.39 is 0 Å². The molecule has 3 aromatic rings. The van der Waals surface area contributed by atoms with Crippen LogP contribution in [0.25, 0.3) is 16.9 Å². The number of aromatic nitrogens is 3. The molecule has 0 bridgehead atoms. The molecule has 4 rings (SSSR count). The number of thioether (sulfide) groups is 1. The average molecular weight is 440 g/mol. The lowest BCUT2D eigenvalue weighted by molar-refractivity contribution is 0.181. The van der Waals surface area contributed by atoms with Crippen molar-refractivity contribution in [3.8, 4) is 11.3 Å². The van der Waals surface area contributed by atoms with Gasteiger partial charge < -0.3 is 10.2 Å². The number of halogens is 1. The first-order valence-electron chi connectivity index (χ1n) is 10.5. The normalized spacial score (nSPS) is 17.5. The lowest BCUT2D eigenvalue weighted by atomic mass is 9.98. The van der Waals surface area contributed by atoms with E-state index in [-0.39, 0.29) is 0 Å². The van der Waals surface area contributed by atoms with E-state index in [9.17, 15) is 0 Å². The highest BCUT2D eigenvalue weighted by molar-refractivity contribution is 7.98. The Balaban J connectivity index is 1.52. The smallest absolute Gasteiger partial charge is 0.150 e. The van der Waals surface area contributed by atoms with Crippen LogP contribution in [0.3, 0.4) is 0 Å². The highest BCUT2D eigenvalue weighted by Gasteiger charge is 2.20. The van der Waals surface area contributed by atoms with Gasteiger partial charge in [0.1, 0.15) is 13.7 Å². The summed E-state index contributed by atoms with van der Waals surface area (Å²) in [4.78, 5) is 7.32. The highest BCUT2D eigenvalue weighted by Crippen LogP contribution is 2.28. The lowest BCUT2D eigenvalue weighted by Gasteiger charge is -2.33. The Morgan fingerprint density at radius 1 is 1.33 bits per heavy atom. The Kier molecular flexibility index (Phi) is 7.23. The molecule has 1 N–H and O–H groups in total. The summed E-state index contributed by atoms with van der Waals surface area (Å²) < 4.78 is 1.79. The van der Waals surface area contributed by atoms with Crippen molar-refractivity contribution in [2.24, 2.45) is 5.92 Å². The fourth-order valence-corrected chi connectivity index (χ4v) is 4.77. The van der Waals surface area contributed by atoms with Crippen molar-refractivity contribution in [2.75, 3.05) is 43.5 Å². The number of nitrogens with one attached hydrogen (secondary N) is 1. The van der Waals surface area contributed by atoms with Gasteiger partial charge in [-0.3, -0.25) is 0 Å². The number of fused-ring (bicyclic) bond motifs is 1. The van der Waals surface area contributed by atoms with E-state index in [1.165, 1.54) is 38.1 Å². The first-order valence-corrected chi connectivity index (χ1v) is 12.3. The van der Waals surface area contributed by atoms with Crippen molar-refractivity contribution >= 4 is 48.1 Å². The molecule has 156 valence electrons. The zero-order chi connectivity index (χ0) is 20.9. The minimum Gasteiger partial charge on any atom is -0.370 e. The second kappa shape index (κ2) is 10.1. The number of benzene rings is 1.